The van der Waals surface area contributed by atoms with E-state index in [2.05, 4.69) is 70.8 Å². The predicted molar refractivity (Wildman–Crippen MR) is 182 cm³/mol. The minimum Gasteiger partial charge on any atom is -0.466 e. The van der Waals surface area contributed by atoms with Crippen molar-refractivity contribution in [2.75, 3.05) is 24.6 Å². The molecule has 5 aromatic rings. The van der Waals surface area contributed by atoms with Crippen LogP contribution in [-0.2, 0) is 20.8 Å². The molecule has 0 saturated carbocycles. The number of aliphatic imine (C=N–C) groups is 1. The summed E-state index contributed by atoms with van der Waals surface area (Å²) in [5, 5.41) is 2.24. The number of aromatic nitrogens is 2. The first kappa shape index (κ1) is 30.1. The van der Waals surface area contributed by atoms with Crippen molar-refractivity contribution in [1.29, 1.82) is 0 Å². The number of anilines is 1. The molecule has 0 amide bonds. The number of furan rings is 1. The van der Waals surface area contributed by atoms with E-state index in [0.717, 1.165) is 88.8 Å². The molecule has 7 rings (SSSR count). The number of pyridine rings is 1. The number of para-hydroxylation sites is 1. The van der Waals surface area contributed by atoms with Crippen molar-refractivity contribution in [2.24, 2.45) is 4.99 Å². The molecule has 1 aliphatic carbocycles. The van der Waals surface area contributed by atoms with Crippen molar-refractivity contribution >= 4 is 39.4 Å². The van der Waals surface area contributed by atoms with E-state index in [1.807, 2.05) is 19.1 Å². The minimum absolute atomic E-state index is 0.168. The molecule has 8 heteroatoms. The first-order valence-electron chi connectivity index (χ1n) is 16.9. The van der Waals surface area contributed by atoms with E-state index in [1.54, 1.807) is 12.4 Å². The Labute approximate surface area is 270 Å². The smallest absolute Gasteiger partial charge is 0.305 e. The molecular weight excluding hydrogens is 576 g/mol. The zero-order valence-electron chi connectivity index (χ0n) is 27.0. The van der Waals surface area contributed by atoms with Crippen LogP contribution in [0.4, 0.5) is 5.69 Å². The molecule has 0 saturated heterocycles. The van der Waals surface area contributed by atoms with Crippen LogP contribution in [-0.4, -0.2) is 41.1 Å². The largest absolute Gasteiger partial charge is 0.466 e. The molecule has 0 N–H and O–H groups in total. The molecule has 8 nitrogen and oxygen atoms in total. The molecule has 0 spiro atoms. The summed E-state index contributed by atoms with van der Waals surface area (Å²) >= 11 is 0. The molecule has 2 aliphatic rings. The van der Waals surface area contributed by atoms with Gasteiger partial charge in [0.05, 0.1) is 12.3 Å². The van der Waals surface area contributed by atoms with Crippen LogP contribution in [0.2, 0.25) is 0 Å². The minimum atomic E-state index is -0.411. The number of unbranched alkanes of at least 4 members (excludes halogenated alkanes) is 2. The van der Waals surface area contributed by atoms with Crippen molar-refractivity contribution in [3.05, 3.63) is 84.0 Å². The number of hydrogen-bond acceptors (Lipinski definition) is 7. The number of rotatable bonds is 13. The molecule has 2 aromatic carbocycles. The monoisotopic (exact) mass is 618 g/mol. The summed E-state index contributed by atoms with van der Waals surface area (Å²) in [4.78, 5) is 24.2. The fraction of sp³-hybridized carbons (Fsp3) is 0.395. The second kappa shape index (κ2) is 13.0. The first-order valence-corrected chi connectivity index (χ1v) is 16.9. The number of esters is 1. The van der Waals surface area contributed by atoms with Gasteiger partial charge < -0.3 is 23.4 Å². The zero-order chi connectivity index (χ0) is 31.6. The molecule has 0 bridgehead atoms. The molecule has 0 radical (unpaired) electrons. The third-order valence-electron chi connectivity index (χ3n) is 9.21. The number of fused-ring (bicyclic) bond motifs is 10. The van der Waals surface area contributed by atoms with Crippen LogP contribution in [0.25, 0.3) is 33.0 Å². The van der Waals surface area contributed by atoms with Gasteiger partial charge in [0.25, 0.3) is 0 Å². The number of benzene rings is 2. The van der Waals surface area contributed by atoms with E-state index < -0.39 is 6.10 Å². The van der Waals surface area contributed by atoms with E-state index in [-0.39, 0.29) is 12.0 Å². The third-order valence-corrected chi connectivity index (χ3v) is 9.21. The average Bonchev–Trinajstić information content (AvgIpc) is 3.77. The zero-order valence-corrected chi connectivity index (χ0v) is 27.0. The fourth-order valence-corrected chi connectivity index (χ4v) is 7.02. The number of carbonyl (C=O) groups is 1. The highest BCUT2D eigenvalue weighted by Gasteiger charge is 2.47. The Morgan fingerprint density at radius 2 is 1.72 bits per heavy atom. The Morgan fingerprint density at radius 1 is 0.935 bits per heavy atom. The standard InChI is InChI=1S/C38H42N4O4/c1-4-7-21-41(22-8-5-2)26-15-16-28-30(24-26)45-36-33(28)32-27-12-9-10-13-29(27)42(23-11-14-31(43)44-6-3)35(32)34-37(36)46-38(40-34)25-17-19-39-20-18-25/h9-10,12-13,15-20,24,34,37H,4-8,11,14,21-23H2,1-3H3. The van der Waals surface area contributed by atoms with Crippen LogP contribution in [0.5, 0.6) is 0 Å². The molecule has 238 valence electrons. The number of nitrogens with zero attached hydrogens (tertiary/aromatic N) is 4. The molecule has 3 aromatic heterocycles. The van der Waals surface area contributed by atoms with E-state index in [4.69, 9.17) is 18.9 Å². The molecule has 0 fully saturated rings. The van der Waals surface area contributed by atoms with Crippen LogP contribution in [0.3, 0.4) is 0 Å². The normalized spacial score (nSPS) is 16.5. The van der Waals surface area contributed by atoms with Crippen molar-refractivity contribution < 1.29 is 18.7 Å². The lowest BCUT2D eigenvalue weighted by Crippen LogP contribution is -2.25. The second-order valence-electron chi connectivity index (χ2n) is 12.2. The van der Waals surface area contributed by atoms with Gasteiger partial charge in [0.1, 0.15) is 11.6 Å². The predicted octanol–water partition coefficient (Wildman–Crippen LogP) is 8.77. The van der Waals surface area contributed by atoms with E-state index in [1.165, 1.54) is 5.69 Å². The summed E-state index contributed by atoms with van der Waals surface area (Å²) in [6.45, 7) is 9.44. The van der Waals surface area contributed by atoms with Gasteiger partial charge >= 0.3 is 5.97 Å². The van der Waals surface area contributed by atoms with Crippen molar-refractivity contribution in [1.82, 2.24) is 9.55 Å². The molecule has 46 heavy (non-hydrogen) atoms. The van der Waals surface area contributed by atoms with Crippen LogP contribution in [0, 0.1) is 0 Å². The second-order valence-corrected chi connectivity index (χ2v) is 12.2. The van der Waals surface area contributed by atoms with Crippen molar-refractivity contribution in [2.45, 2.75) is 78.0 Å². The van der Waals surface area contributed by atoms with Crippen LogP contribution in [0.1, 0.15) is 88.5 Å². The van der Waals surface area contributed by atoms with Crippen LogP contribution in [0.15, 0.2) is 76.4 Å². The molecule has 1 aliphatic heterocycles. The Kier molecular flexibility index (Phi) is 8.52. The molecule has 2 atom stereocenters. The topological polar surface area (TPSA) is 82.1 Å². The number of aryl methyl sites for hydroxylation is 1. The van der Waals surface area contributed by atoms with Crippen LogP contribution >= 0.6 is 0 Å². The Balaban J connectivity index is 1.39. The van der Waals surface area contributed by atoms with E-state index in [9.17, 15) is 4.79 Å². The quantitative estimate of drug-likeness (QED) is 0.123. The lowest BCUT2D eigenvalue weighted by Gasteiger charge is -2.25. The summed E-state index contributed by atoms with van der Waals surface area (Å²) in [7, 11) is 0. The first-order chi connectivity index (χ1) is 22.6. The van der Waals surface area contributed by atoms with Crippen molar-refractivity contribution in [3.8, 4) is 11.1 Å². The van der Waals surface area contributed by atoms with E-state index >= 15 is 0 Å². The summed E-state index contributed by atoms with van der Waals surface area (Å²) in [5.41, 5.74) is 7.40. The number of hydrogen-bond donors (Lipinski definition) is 0. The summed E-state index contributed by atoms with van der Waals surface area (Å²) < 4.78 is 21.1. The highest BCUT2D eigenvalue weighted by molar-refractivity contribution is 6.09. The van der Waals surface area contributed by atoms with Gasteiger partial charge in [-0.2, -0.15) is 0 Å². The van der Waals surface area contributed by atoms with Gasteiger partial charge in [-0.15, -0.1) is 0 Å². The van der Waals surface area contributed by atoms with Gasteiger partial charge in [-0.3, -0.25) is 9.78 Å². The number of ether oxygens (including phenoxy) is 2. The molecular formula is C38H42N4O4. The van der Waals surface area contributed by atoms with Gasteiger partial charge in [0.15, 0.2) is 11.9 Å². The van der Waals surface area contributed by atoms with E-state index in [0.29, 0.717) is 31.9 Å². The SMILES string of the molecule is CCCCN(CCCC)c1ccc2c3c(oc2c1)C1OC(c2ccncc2)=NC1c1c-3c2ccccc2n1CCCC(=O)OCC. The summed E-state index contributed by atoms with van der Waals surface area (Å²) in [6, 6.07) is 18.8. The van der Waals surface area contributed by atoms with Gasteiger partial charge in [-0.05, 0) is 56.5 Å². The molecule has 2 unspecified atom stereocenters. The Bertz CT molecular complexity index is 1880. The van der Waals surface area contributed by atoms with Gasteiger partial charge in [-0.25, -0.2) is 4.99 Å². The maximum Gasteiger partial charge on any atom is 0.305 e. The molecule has 4 heterocycles. The third kappa shape index (κ3) is 5.33. The van der Waals surface area contributed by atoms with Gasteiger partial charge in [-0.1, -0.05) is 44.9 Å². The van der Waals surface area contributed by atoms with Gasteiger partial charge in [0, 0.05) is 83.2 Å². The average molecular weight is 619 g/mol. The Hall–Kier alpha value is -4.59. The lowest BCUT2D eigenvalue weighted by molar-refractivity contribution is -0.143. The van der Waals surface area contributed by atoms with Crippen molar-refractivity contribution in [3.63, 3.8) is 0 Å². The number of carbonyl (C=O) groups excluding carboxylic acids is 1. The lowest BCUT2D eigenvalue weighted by atomic mass is 9.87. The fourth-order valence-electron chi connectivity index (χ4n) is 7.02. The van der Waals surface area contributed by atoms with Gasteiger partial charge in [0.2, 0.25) is 5.90 Å². The summed E-state index contributed by atoms with van der Waals surface area (Å²) in [6.07, 6.45) is 8.77. The van der Waals surface area contributed by atoms with Crippen LogP contribution < -0.4 is 4.90 Å². The highest BCUT2D eigenvalue weighted by atomic mass is 16.5. The maximum atomic E-state index is 12.3. The summed E-state index contributed by atoms with van der Waals surface area (Å²) in [5.74, 6) is 1.24. The maximum absolute atomic E-state index is 12.3. The highest BCUT2D eigenvalue weighted by Crippen LogP contribution is 2.57. The Morgan fingerprint density at radius 3 is 2.48 bits per heavy atom.